The lowest BCUT2D eigenvalue weighted by Gasteiger charge is -2.17. The number of halogens is 2. The largest absolute Gasteiger partial charge is 0.493 e. The molecule has 0 unspecified atom stereocenters. The van der Waals surface area contributed by atoms with Gasteiger partial charge in [-0.3, -0.25) is 9.52 Å². The van der Waals surface area contributed by atoms with Gasteiger partial charge in [-0.25, -0.2) is 8.42 Å². The van der Waals surface area contributed by atoms with Crippen LogP contribution < -0.4 is 19.5 Å². The monoisotopic (exact) mass is 494 g/mol. The fourth-order valence-corrected chi connectivity index (χ4v) is 4.18. The van der Waals surface area contributed by atoms with Gasteiger partial charge >= 0.3 is 0 Å². The first kappa shape index (κ1) is 23.7. The third kappa shape index (κ3) is 5.64. The number of hydrogen-bond acceptors (Lipinski definition) is 5. The van der Waals surface area contributed by atoms with E-state index in [0.29, 0.717) is 17.2 Å². The highest BCUT2D eigenvalue weighted by atomic mass is 35.5. The Balaban J connectivity index is 1.67. The van der Waals surface area contributed by atoms with Gasteiger partial charge in [-0.05, 0) is 55.5 Å². The highest BCUT2D eigenvalue weighted by Crippen LogP contribution is 2.31. The van der Waals surface area contributed by atoms with E-state index < -0.39 is 22.0 Å². The molecule has 10 heteroatoms. The zero-order valence-corrected chi connectivity index (χ0v) is 19.5. The fourth-order valence-electron chi connectivity index (χ4n) is 2.71. The molecule has 0 radical (unpaired) electrons. The number of carbonyl (C=O) groups is 1. The summed E-state index contributed by atoms with van der Waals surface area (Å²) in [4.78, 5) is 12.5. The van der Waals surface area contributed by atoms with Crippen LogP contribution in [0.3, 0.4) is 0 Å². The summed E-state index contributed by atoms with van der Waals surface area (Å²) < 4.78 is 38.6. The Bertz CT molecular complexity index is 1220. The molecular formula is C22H20Cl2N2O5S. The molecule has 1 atom stereocenters. The minimum absolute atomic E-state index is 0.00939. The third-order valence-corrected chi connectivity index (χ3v) is 6.57. The summed E-state index contributed by atoms with van der Waals surface area (Å²) in [6, 6.07) is 17.3. The summed E-state index contributed by atoms with van der Waals surface area (Å²) >= 11 is 12.0. The maximum Gasteiger partial charge on any atom is 0.265 e. The Morgan fingerprint density at radius 3 is 2.25 bits per heavy atom. The van der Waals surface area contributed by atoms with Gasteiger partial charge < -0.3 is 14.8 Å². The number of sulfonamides is 1. The second-order valence-electron chi connectivity index (χ2n) is 6.63. The molecule has 1 amide bonds. The molecule has 0 saturated heterocycles. The summed E-state index contributed by atoms with van der Waals surface area (Å²) in [5.74, 6) is 0.536. The first-order valence-corrected chi connectivity index (χ1v) is 11.6. The van der Waals surface area contributed by atoms with Gasteiger partial charge in [-0.2, -0.15) is 0 Å². The summed E-state index contributed by atoms with van der Waals surface area (Å²) in [5, 5.41) is 3.02. The number of nitrogens with one attached hydrogen (secondary N) is 2. The van der Waals surface area contributed by atoms with Crippen LogP contribution in [0.1, 0.15) is 6.92 Å². The van der Waals surface area contributed by atoms with E-state index in [4.69, 9.17) is 32.7 Å². The van der Waals surface area contributed by atoms with Crippen LogP contribution in [0, 0.1) is 0 Å². The van der Waals surface area contributed by atoms with Crippen LogP contribution in [0.15, 0.2) is 71.6 Å². The molecule has 7 nitrogen and oxygen atoms in total. The van der Waals surface area contributed by atoms with Crippen molar-refractivity contribution in [1.29, 1.82) is 0 Å². The van der Waals surface area contributed by atoms with E-state index in [1.165, 1.54) is 37.4 Å². The third-order valence-electron chi connectivity index (χ3n) is 4.37. The number of carbonyl (C=O) groups excluding carboxylic acids is 1. The zero-order valence-electron chi connectivity index (χ0n) is 17.1. The van der Waals surface area contributed by atoms with Crippen LogP contribution in [0.5, 0.6) is 11.5 Å². The van der Waals surface area contributed by atoms with Crippen molar-refractivity contribution in [2.24, 2.45) is 0 Å². The molecule has 0 aliphatic heterocycles. The second kappa shape index (κ2) is 10.1. The van der Waals surface area contributed by atoms with E-state index in [9.17, 15) is 13.2 Å². The van der Waals surface area contributed by atoms with E-state index in [0.717, 1.165) is 0 Å². The average molecular weight is 495 g/mol. The molecule has 0 aromatic heterocycles. The van der Waals surface area contributed by atoms with Crippen LogP contribution in [-0.2, 0) is 14.8 Å². The lowest BCUT2D eigenvalue weighted by molar-refractivity contribution is -0.122. The molecule has 0 fully saturated rings. The van der Waals surface area contributed by atoms with Gasteiger partial charge in [0.1, 0.15) is 0 Å². The molecule has 0 saturated carbocycles. The van der Waals surface area contributed by atoms with Crippen molar-refractivity contribution in [3.8, 4) is 11.5 Å². The molecule has 3 rings (SSSR count). The van der Waals surface area contributed by atoms with Crippen molar-refractivity contribution in [2.75, 3.05) is 17.1 Å². The molecular weight excluding hydrogens is 475 g/mol. The van der Waals surface area contributed by atoms with Crippen LogP contribution in [0.4, 0.5) is 11.4 Å². The number of anilines is 2. The first-order chi connectivity index (χ1) is 15.2. The van der Waals surface area contributed by atoms with E-state index in [2.05, 4.69) is 10.0 Å². The second-order valence-corrected chi connectivity index (χ2v) is 9.10. The van der Waals surface area contributed by atoms with Gasteiger partial charge in [0.05, 0.1) is 27.7 Å². The van der Waals surface area contributed by atoms with Gasteiger partial charge in [-0.1, -0.05) is 41.4 Å². The maximum atomic E-state index is 12.6. The van der Waals surface area contributed by atoms with Gasteiger partial charge in [0.25, 0.3) is 15.9 Å². The number of benzene rings is 3. The van der Waals surface area contributed by atoms with E-state index in [1.54, 1.807) is 43.3 Å². The smallest absolute Gasteiger partial charge is 0.265 e. The van der Waals surface area contributed by atoms with Gasteiger partial charge in [0, 0.05) is 5.69 Å². The van der Waals surface area contributed by atoms with Crippen molar-refractivity contribution < 1.29 is 22.7 Å². The van der Waals surface area contributed by atoms with Gasteiger partial charge in [-0.15, -0.1) is 0 Å². The van der Waals surface area contributed by atoms with E-state index in [1.807, 2.05) is 0 Å². The van der Waals surface area contributed by atoms with Crippen molar-refractivity contribution >= 4 is 50.5 Å². The van der Waals surface area contributed by atoms with Crippen molar-refractivity contribution in [3.63, 3.8) is 0 Å². The predicted molar refractivity (Wildman–Crippen MR) is 125 cm³/mol. The number of para-hydroxylation sites is 2. The highest BCUT2D eigenvalue weighted by molar-refractivity contribution is 7.92. The lowest BCUT2D eigenvalue weighted by atomic mass is 10.3. The Hall–Kier alpha value is -2.94. The minimum atomic E-state index is -3.91. The summed E-state index contributed by atoms with van der Waals surface area (Å²) in [6.45, 7) is 1.60. The number of rotatable bonds is 8. The topological polar surface area (TPSA) is 93.7 Å². The SMILES string of the molecule is COc1ccccc1O[C@H](C)C(=O)Nc1ccc(S(=O)(=O)Nc2cccc(Cl)c2Cl)cc1. The standard InChI is InChI=1S/C22H20Cl2N2O5S/c1-14(31-20-9-4-3-8-19(20)30-2)22(27)25-15-10-12-16(13-11-15)32(28,29)26-18-7-5-6-17(23)21(18)24/h3-14,26H,1-2H3,(H,25,27)/t14-/m1/s1. The van der Waals surface area contributed by atoms with E-state index in [-0.39, 0.29) is 20.6 Å². The zero-order chi connectivity index (χ0) is 23.3. The van der Waals surface area contributed by atoms with Gasteiger partial charge in [0.15, 0.2) is 17.6 Å². The van der Waals surface area contributed by atoms with Crippen LogP contribution in [-0.4, -0.2) is 27.5 Å². The normalized spacial score (nSPS) is 12.0. The molecule has 3 aromatic carbocycles. The molecule has 32 heavy (non-hydrogen) atoms. The lowest BCUT2D eigenvalue weighted by Crippen LogP contribution is -2.30. The Kier molecular flexibility index (Phi) is 7.50. The summed E-state index contributed by atoms with van der Waals surface area (Å²) in [6.07, 6.45) is -0.818. The van der Waals surface area contributed by atoms with Crippen LogP contribution >= 0.6 is 23.2 Å². The molecule has 0 heterocycles. The number of methoxy groups -OCH3 is 1. The molecule has 168 valence electrons. The van der Waals surface area contributed by atoms with Crippen LogP contribution in [0.2, 0.25) is 10.0 Å². The molecule has 2 N–H and O–H groups in total. The summed E-state index contributed by atoms with van der Waals surface area (Å²) in [7, 11) is -2.40. The maximum absolute atomic E-state index is 12.6. The number of ether oxygens (including phenoxy) is 2. The molecule has 0 bridgehead atoms. The Morgan fingerprint density at radius 2 is 1.59 bits per heavy atom. The molecule has 3 aromatic rings. The predicted octanol–water partition coefficient (Wildman–Crippen LogP) is 5.21. The fraction of sp³-hybridized carbons (Fsp3) is 0.136. The summed E-state index contributed by atoms with van der Waals surface area (Å²) in [5.41, 5.74) is 0.573. The van der Waals surface area contributed by atoms with E-state index >= 15 is 0 Å². The minimum Gasteiger partial charge on any atom is -0.493 e. The number of amides is 1. The first-order valence-electron chi connectivity index (χ1n) is 9.38. The van der Waals surface area contributed by atoms with Crippen molar-refractivity contribution in [2.45, 2.75) is 17.9 Å². The Labute approximate surface area is 196 Å². The highest BCUT2D eigenvalue weighted by Gasteiger charge is 2.19. The van der Waals surface area contributed by atoms with Gasteiger partial charge in [0.2, 0.25) is 0 Å². The Morgan fingerprint density at radius 1 is 0.938 bits per heavy atom. The molecule has 0 spiro atoms. The van der Waals surface area contributed by atoms with Crippen LogP contribution in [0.25, 0.3) is 0 Å². The molecule has 0 aliphatic carbocycles. The molecule has 0 aliphatic rings. The average Bonchev–Trinajstić information content (AvgIpc) is 2.77. The number of hydrogen-bond donors (Lipinski definition) is 2. The van der Waals surface area contributed by atoms with Crippen molar-refractivity contribution in [1.82, 2.24) is 0 Å². The quantitative estimate of drug-likeness (QED) is 0.448. The van der Waals surface area contributed by atoms with Crippen molar-refractivity contribution in [3.05, 3.63) is 76.8 Å².